The molecule has 4 heteroatoms. The Morgan fingerprint density at radius 2 is 0.923 bits per heavy atom. The molecular formula is C48H29N3S. The largest absolute Gasteiger partial charge is 0.228 e. The van der Waals surface area contributed by atoms with Crippen LogP contribution < -0.4 is 0 Å². The molecule has 0 atom stereocenters. The van der Waals surface area contributed by atoms with Crippen LogP contribution in [0.4, 0.5) is 0 Å². The van der Waals surface area contributed by atoms with E-state index >= 15 is 0 Å². The van der Waals surface area contributed by atoms with E-state index in [2.05, 4.69) is 133 Å². The molecule has 10 rings (SSSR count). The molecule has 8 aromatic rings. The topological polar surface area (TPSA) is 49.6 Å². The fourth-order valence-electron chi connectivity index (χ4n) is 8.05. The van der Waals surface area contributed by atoms with Gasteiger partial charge >= 0.3 is 0 Å². The van der Waals surface area contributed by atoms with Crippen molar-refractivity contribution in [1.29, 1.82) is 5.26 Å². The molecule has 1 aromatic heterocycles. The van der Waals surface area contributed by atoms with Crippen LogP contribution in [0, 0.1) is 11.3 Å². The van der Waals surface area contributed by atoms with Crippen molar-refractivity contribution in [3.8, 4) is 62.2 Å². The van der Waals surface area contributed by atoms with Crippen molar-refractivity contribution in [3.05, 3.63) is 204 Å². The van der Waals surface area contributed by atoms with Crippen LogP contribution in [0.1, 0.15) is 27.8 Å². The lowest BCUT2D eigenvalue weighted by molar-refractivity contribution is 0.722. The molecule has 2 aliphatic rings. The van der Waals surface area contributed by atoms with Gasteiger partial charge in [0.15, 0.2) is 5.82 Å². The first-order valence-corrected chi connectivity index (χ1v) is 18.2. The van der Waals surface area contributed by atoms with Gasteiger partial charge in [-0.3, -0.25) is 0 Å². The Morgan fingerprint density at radius 1 is 0.423 bits per heavy atom. The van der Waals surface area contributed by atoms with Crippen LogP contribution in [0.25, 0.3) is 56.2 Å². The lowest BCUT2D eigenvalue weighted by atomic mass is 9.67. The molecule has 0 unspecified atom stereocenters. The van der Waals surface area contributed by atoms with E-state index in [1.54, 1.807) is 0 Å². The highest BCUT2D eigenvalue weighted by Crippen LogP contribution is 2.62. The van der Waals surface area contributed by atoms with Gasteiger partial charge in [0.1, 0.15) is 0 Å². The van der Waals surface area contributed by atoms with Gasteiger partial charge in [0.2, 0.25) is 0 Å². The van der Waals surface area contributed by atoms with E-state index in [9.17, 15) is 5.26 Å². The first-order valence-electron chi connectivity index (χ1n) is 17.4. The number of benzene rings is 7. The summed E-state index contributed by atoms with van der Waals surface area (Å²) in [5, 5.41) is 9.46. The summed E-state index contributed by atoms with van der Waals surface area (Å²) in [6.45, 7) is 0. The van der Waals surface area contributed by atoms with Gasteiger partial charge in [-0.15, -0.1) is 0 Å². The van der Waals surface area contributed by atoms with Crippen LogP contribution in [0.5, 0.6) is 0 Å². The lowest BCUT2D eigenvalue weighted by Gasteiger charge is -2.39. The number of hydrogen-bond acceptors (Lipinski definition) is 4. The van der Waals surface area contributed by atoms with Crippen molar-refractivity contribution < 1.29 is 0 Å². The third-order valence-corrected chi connectivity index (χ3v) is 11.6. The van der Waals surface area contributed by atoms with Crippen molar-refractivity contribution in [2.24, 2.45) is 0 Å². The highest BCUT2D eigenvalue weighted by molar-refractivity contribution is 7.99. The average Bonchev–Trinajstić information content (AvgIpc) is 3.50. The molecule has 0 saturated heterocycles. The highest BCUT2D eigenvalue weighted by Gasteiger charge is 2.50. The molecule has 1 aliphatic heterocycles. The summed E-state index contributed by atoms with van der Waals surface area (Å²) < 4.78 is 0. The highest BCUT2D eigenvalue weighted by atomic mass is 32.2. The van der Waals surface area contributed by atoms with Gasteiger partial charge in [0.25, 0.3) is 0 Å². The summed E-state index contributed by atoms with van der Waals surface area (Å²) in [5.41, 5.74) is 14.7. The number of aromatic nitrogens is 2. The van der Waals surface area contributed by atoms with Gasteiger partial charge in [-0.05, 0) is 87.0 Å². The molecular weight excluding hydrogens is 651 g/mol. The zero-order valence-electron chi connectivity index (χ0n) is 28.0. The SMILES string of the molecule is N#Cc1ccc(-c2ccc3c(c2)-c2cc(-c4cc(-c5ccccc5)nc(-c5ccccc5)n4)ccc2C32c3ccccc3Sc3ccccc32)cc1. The Hall–Kier alpha value is -6.54. The van der Waals surface area contributed by atoms with Crippen molar-refractivity contribution in [3.63, 3.8) is 0 Å². The Balaban J connectivity index is 1.24. The second kappa shape index (κ2) is 12.1. The molecule has 7 aromatic carbocycles. The maximum absolute atomic E-state index is 9.46. The molecule has 0 radical (unpaired) electrons. The van der Waals surface area contributed by atoms with Gasteiger partial charge in [0, 0.05) is 26.5 Å². The monoisotopic (exact) mass is 679 g/mol. The van der Waals surface area contributed by atoms with Crippen LogP contribution in [0.2, 0.25) is 0 Å². The number of hydrogen-bond donors (Lipinski definition) is 0. The van der Waals surface area contributed by atoms with Crippen molar-refractivity contribution in [2.45, 2.75) is 15.2 Å². The van der Waals surface area contributed by atoms with Gasteiger partial charge in [-0.1, -0.05) is 145 Å². The third kappa shape index (κ3) is 4.67. The van der Waals surface area contributed by atoms with E-state index in [1.165, 1.54) is 43.2 Å². The molecule has 0 bridgehead atoms. The Kier molecular flexibility index (Phi) is 7.02. The van der Waals surface area contributed by atoms with Crippen LogP contribution in [-0.4, -0.2) is 9.97 Å². The first kappa shape index (κ1) is 30.3. The molecule has 1 spiro atoms. The predicted octanol–water partition coefficient (Wildman–Crippen LogP) is 11.8. The Labute approximate surface area is 307 Å². The molecule has 1 aliphatic carbocycles. The molecule has 0 saturated carbocycles. The van der Waals surface area contributed by atoms with E-state index in [4.69, 9.17) is 9.97 Å². The standard InChI is InChI=1S/C48H29N3S/c49-30-31-19-21-32(22-20-31)35-23-25-39-37(27-35)38-28-36(44-29-43(33-11-3-1-4-12-33)50-47(51-44)34-13-5-2-6-14-34)24-26-40(38)48(39)41-15-7-9-17-45(41)52-46-18-10-8-16-42(46)48/h1-29H. The van der Waals surface area contributed by atoms with E-state index in [1.807, 2.05) is 60.3 Å². The zero-order valence-corrected chi connectivity index (χ0v) is 28.8. The second-order valence-corrected chi connectivity index (χ2v) is 14.3. The minimum absolute atomic E-state index is 0.485. The summed E-state index contributed by atoms with van der Waals surface area (Å²) in [4.78, 5) is 12.8. The fourth-order valence-corrected chi connectivity index (χ4v) is 9.24. The summed E-state index contributed by atoms with van der Waals surface area (Å²) in [5.74, 6) is 0.699. The van der Waals surface area contributed by atoms with E-state index in [0.717, 1.165) is 39.2 Å². The average molecular weight is 680 g/mol. The van der Waals surface area contributed by atoms with Crippen molar-refractivity contribution in [1.82, 2.24) is 9.97 Å². The molecule has 52 heavy (non-hydrogen) atoms. The predicted molar refractivity (Wildman–Crippen MR) is 210 cm³/mol. The summed E-state index contributed by atoms with van der Waals surface area (Å²) in [6.07, 6.45) is 0. The second-order valence-electron chi connectivity index (χ2n) is 13.2. The van der Waals surface area contributed by atoms with Crippen LogP contribution in [-0.2, 0) is 5.41 Å². The van der Waals surface area contributed by atoms with E-state index in [0.29, 0.717) is 11.4 Å². The number of nitrogens with zero attached hydrogens (tertiary/aromatic N) is 3. The van der Waals surface area contributed by atoms with E-state index in [-0.39, 0.29) is 0 Å². The number of rotatable bonds is 4. The van der Waals surface area contributed by atoms with Crippen molar-refractivity contribution >= 4 is 11.8 Å². The number of fused-ring (bicyclic) bond motifs is 9. The number of nitriles is 1. The van der Waals surface area contributed by atoms with Gasteiger partial charge < -0.3 is 0 Å². The fraction of sp³-hybridized carbons (Fsp3) is 0.0208. The zero-order chi connectivity index (χ0) is 34.6. The minimum Gasteiger partial charge on any atom is -0.228 e. The van der Waals surface area contributed by atoms with Gasteiger partial charge in [0.05, 0.1) is 28.4 Å². The minimum atomic E-state index is -0.485. The van der Waals surface area contributed by atoms with E-state index < -0.39 is 5.41 Å². The molecule has 0 fully saturated rings. The van der Waals surface area contributed by atoms with Crippen LogP contribution in [0.15, 0.2) is 186 Å². The van der Waals surface area contributed by atoms with Crippen LogP contribution in [0.3, 0.4) is 0 Å². The third-order valence-electron chi connectivity index (χ3n) is 10.4. The normalized spacial score (nSPS) is 13.1. The Bertz CT molecular complexity index is 2610. The summed E-state index contributed by atoms with van der Waals surface area (Å²) in [7, 11) is 0. The summed E-state index contributed by atoms with van der Waals surface area (Å²) in [6, 6.07) is 64.4. The molecule has 242 valence electrons. The molecule has 3 nitrogen and oxygen atoms in total. The maximum Gasteiger partial charge on any atom is 0.160 e. The smallest absolute Gasteiger partial charge is 0.160 e. The van der Waals surface area contributed by atoms with Gasteiger partial charge in [-0.2, -0.15) is 5.26 Å². The quantitative estimate of drug-likeness (QED) is 0.186. The van der Waals surface area contributed by atoms with Crippen molar-refractivity contribution in [2.75, 3.05) is 0 Å². The molecule has 0 amide bonds. The van der Waals surface area contributed by atoms with Crippen LogP contribution >= 0.6 is 11.8 Å². The maximum atomic E-state index is 9.46. The lowest BCUT2D eigenvalue weighted by Crippen LogP contribution is -2.31. The first-order chi connectivity index (χ1) is 25.7. The molecule has 2 heterocycles. The Morgan fingerprint density at radius 3 is 1.54 bits per heavy atom. The molecule has 0 N–H and O–H groups in total. The van der Waals surface area contributed by atoms with Gasteiger partial charge in [-0.25, -0.2) is 9.97 Å². The summed E-state index contributed by atoms with van der Waals surface area (Å²) >= 11 is 1.85.